The zero-order valence-electron chi connectivity index (χ0n) is 17.1. The first-order valence-corrected chi connectivity index (χ1v) is 11.4. The van der Waals surface area contributed by atoms with E-state index in [0.29, 0.717) is 28.9 Å². The van der Waals surface area contributed by atoms with Gasteiger partial charge in [0.1, 0.15) is 5.76 Å². The van der Waals surface area contributed by atoms with Crippen molar-refractivity contribution in [3.05, 3.63) is 107 Å². The molecule has 6 heteroatoms. The monoisotopic (exact) mass is 458 g/mol. The molecule has 0 aliphatic carbocycles. The molecular weight excluding hydrogens is 440 g/mol. The van der Waals surface area contributed by atoms with Gasteiger partial charge < -0.3 is 4.42 Å². The Morgan fingerprint density at radius 3 is 2.44 bits per heavy atom. The summed E-state index contributed by atoms with van der Waals surface area (Å²) in [5.41, 5.74) is 2.91. The van der Waals surface area contributed by atoms with Gasteiger partial charge in [-0.1, -0.05) is 65.4 Å². The van der Waals surface area contributed by atoms with Crippen LogP contribution in [-0.4, -0.2) is 17.4 Å². The van der Waals surface area contributed by atoms with Crippen molar-refractivity contribution in [2.75, 3.05) is 11.4 Å². The number of hydrogen-bond acceptors (Lipinski definition) is 4. The van der Waals surface area contributed by atoms with E-state index >= 15 is 0 Å². The van der Waals surface area contributed by atoms with Crippen molar-refractivity contribution in [1.29, 1.82) is 0 Å². The molecule has 0 radical (unpaired) electrons. The highest BCUT2D eigenvalue weighted by molar-refractivity contribution is 7.22. The minimum atomic E-state index is -0.208. The molecular formula is C26H19ClN2O2S. The second-order valence-electron chi connectivity index (χ2n) is 7.33. The normalized spacial score (nSPS) is 11.0. The SMILES string of the molecule is O=C(c1ccc(-c2ccc(Cl)cc2)o1)N(CCc1ccccc1)c1nc2ccccc2s1. The van der Waals surface area contributed by atoms with Crippen LogP contribution in [0.5, 0.6) is 0 Å². The fraction of sp³-hybridized carbons (Fsp3) is 0.0769. The molecule has 0 aliphatic rings. The largest absolute Gasteiger partial charge is 0.451 e. The van der Waals surface area contributed by atoms with Gasteiger partial charge in [-0.3, -0.25) is 9.69 Å². The number of furan rings is 1. The van der Waals surface area contributed by atoms with Gasteiger partial charge in [0.05, 0.1) is 10.2 Å². The maximum absolute atomic E-state index is 13.5. The Labute approximate surface area is 194 Å². The molecule has 2 heterocycles. The van der Waals surface area contributed by atoms with Crippen LogP contribution >= 0.6 is 22.9 Å². The van der Waals surface area contributed by atoms with E-state index < -0.39 is 0 Å². The number of benzene rings is 3. The fourth-order valence-corrected chi connectivity index (χ4v) is 4.62. The second kappa shape index (κ2) is 8.99. The molecule has 0 saturated heterocycles. The Bertz CT molecular complexity index is 1330. The van der Waals surface area contributed by atoms with Gasteiger partial charge in [-0.05, 0) is 60.5 Å². The summed E-state index contributed by atoms with van der Waals surface area (Å²) >= 11 is 7.49. The predicted octanol–water partition coefficient (Wildman–Crippen LogP) is 7.10. The Morgan fingerprint density at radius 2 is 1.66 bits per heavy atom. The van der Waals surface area contributed by atoms with Gasteiger partial charge in [-0.2, -0.15) is 0 Å². The number of carbonyl (C=O) groups excluding carboxylic acids is 1. The maximum Gasteiger partial charge on any atom is 0.295 e. The van der Waals surface area contributed by atoms with E-state index in [4.69, 9.17) is 21.0 Å². The minimum absolute atomic E-state index is 0.208. The second-order valence-corrected chi connectivity index (χ2v) is 8.77. The molecule has 3 aromatic carbocycles. The lowest BCUT2D eigenvalue weighted by Gasteiger charge is -2.18. The minimum Gasteiger partial charge on any atom is -0.451 e. The van der Waals surface area contributed by atoms with Crippen molar-refractivity contribution in [1.82, 2.24) is 4.98 Å². The molecule has 158 valence electrons. The topological polar surface area (TPSA) is 46.3 Å². The van der Waals surface area contributed by atoms with Gasteiger partial charge in [0.2, 0.25) is 0 Å². The van der Waals surface area contributed by atoms with Crippen LogP contribution in [0.25, 0.3) is 21.5 Å². The van der Waals surface area contributed by atoms with E-state index in [1.807, 2.05) is 60.7 Å². The van der Waals surface area contributed by atoms with Crippen molar-refractivity contribution in [2.45, 2.75) is 6.42 Å². The summed E-state index contributed by atoms with van der Waals surface area (Å²) in [4.78, 5) is 19.9. The molecule has 4 nitrogen and oxygen atoms in total. The average molecular weight is 459 g/mol. The van der Waals surface area contributed by atoms with Crippen LogP contribution in [0.3, 0.4) is 0 Å². The molecule has 0 atom stereocenters. The fourth-order valence-electron chi connectivity index (χ4n) is 3.50. The molecule has 32 heavy (non-hydrogen) atoms. The standard InChI is InChI=1S/C26H19ClN2O2S/c27-20-12-10-19(11-13-20)22-14-15-23(31-22)25(30)29(17-16-18-6-2-1-3-7-18)26-28-21-8-4-5-9-24(21)32-26/h1-15H,16-17H2. The number of fused-ring (bicyclic) bond motifs is 1. The van der Waals surface area contributed by atoms with Crippen LogP contribution in [0.1, 0.15) is 16.1 Å². The Kier molecular flexibility index (Phi) is 5.75. The number of halogens is 1. The number of thiazole rings is 1. The van der Waals surface area contributed by atoms with Crippen molar-refractivity contribution in [3.8, 4) is 11.3 Å². The summed E-state index contributed by atoms with van der Waals surface area (Å²) in [6.07, 6.45) is 0.716. The number of aromatic nitrogens is 1. The van der Waals surface area contributed by atoms with Gasteiger partial charge in [0.25, 0.3) is 5.91 Å². The number of hydrogen-bond donors (Lipinski definition) is 0. The summed E-state index contributed by atoms with van der Waals surface area (Å²) in [6, 6.07) is 28.9. The highest BCUT2D eigenvalue weighted by atomic mass is 35.5. The first-order chi connectivity index (χ1) is 15.7. The maximum atomic E-state index is 13.5. The van der Waals surface area contributed by atoms with Gasteiger partial charge in [-0.15, -0.1) is 0 Å². The van der Waals surface area contributed by atoms with E-state index in [2.05, 4.69) is 12.1 Å². The van der Waals surface area contributed by atoms with Crippen LogP contribution in [0, 0.1) is 0 Å². The lowest BCUT2D eigenvalue weighted by atomic mass is 10.1. The molecule has 0 fully saturated rings. The Morgan fingerprint density at radius 1 is 0.906 bits per heavy atom. The molecule has 0 saturated carbocycles. The molecule has 2 aromatic heterocycles. The average Bonchev–Trinajstić information content (AvgIpc) is 3.48. The van der Waals surface area contributed by atoms with Crippen LogP contribution in [0.4, 0.5) is 5.13 Å². The lowest BCUT2D eigenvalue weighted by Crippen LogP contribution is -2.32. The summed E-state index contributed by atoms with van der Waals surface area (Å²) < 4.78 is 6.99. The Hall–Kier alpha value is -3.41. The summed E-state index contributed by atoms with van der Waals surface area (Å²) in [6.45, 7) is 0.500. The van der Waals surface area contributed by atoms with Crippen molar-refractivity contribution in [2.24, 2.45) is 0 Å². The van der Waals surface area contributed by atoms with Gasteiger partial charge in [0, 0.05) is 17.1 Å². The summed E-state index contributed by atoms with van der Waals surface area (Å²) in [5.74, 6) is 0.694. The third-order valence-electron chi connectivity index (χ3n) is 5.17. The number of carbonyl (C=O) groups is 1. The van der Waals surface area contributed by atoms with Crippen LogP contribution in [0.15, 0.2) is 95.4 Å². The van der Waals surface area contributed by atoms with Crippen LogP contribution in [0.2, 0.25) is 5.02 Å². The van der Waals surface area contributed by atoms with Gasteiger partial charge >= 0.3 is 0 Å². The summed E-state index contributed by atoms with van der Waals surface area (Å²) in [7, 11) is 0. The van der Waals surface area contributed by atoms with Crippen molar-refractivity contribution >= 4 is 44.2 Å². The first kappa shape index (κ1) is 20.5. The van der Waals surface area contributed by atoms with E-state index in [1.54, 1.807) is 23.1 Å². The molecule has 0 N–H and O–H groups in total. The highest BCUT2D eigenvalue weighted by Gasteiger charge is 2.24. The molecule has 0 spiro atoms. The number of para-hydroxylation sites is 1. The molecule has 5 rings (SSSR count). The number of anilines is 1. The lowest BCUT2D eigenvalue weighted by molar-refractivity contribution is 0.0961. The third-order valence-corrected chi connectivity index (χ3v) is 6.48. The number of rotatable bonds is 6. The molecule has 0 unspecified atom stereocenters. The summed E-state index contributed by atoms with van der Waals surface area (Å²) in [5, 5.41) is 1.32. The van der Waals surface area contributed by atoms with E-state index in [9.17, 15) is 4.79 Å². The van der Waals surface area contributed by atoms with Crippen LogP contribution < -0.4 is 4.90 Å². The number of nitrogens with zero attached hydrogens (tertiary/aromatic N) is 2. The Balaban J connectivity index is 1.46. The van der Waals surface area contributed by atoms with Crippen LogP contribution in [-0.2, 0) is 6.42 Å². The quantitative estimate of drug-likeness (QED) is 0.272. The van der Waals surface area contributed by atoms with Crippen molar-refractivity contribution in [3.63, 3.8) is 0 Å². The van der Waals surface area contributed by atoms with E-state index in [-0.39, 0.29) is 11.7 Å². The highest BCUT2D eigenvalue weighted by Crippen LogP contribution is 2.31. The third kappa shape index (κ3) is 4.31. The smallest absolute Gasteiger partial charge is 0.295 e. The number of amides is 1. The van der Waals surface area contributed by atoms with Gasteiger partial charge in [0.15, 0.2) is 10.9 Å². The predicted molar refractivity (Wildman–Crippen MR) is 131 cm³/mol. The van der Waals surface area contributed by atoms with E-state index in [1.165, 1.54) is 11.3 Å². The molecule has 1 amide bonds. The first-order valence-electron chi connectivity index (χ1n) is 10.2. The van der Waals surface area contributed by atoms with Gasteiger partial charge in [-0.25, -0.2) is 4.98 Å². The molecule has 0 bridgehead atoms. The van der Waals surface area contributed by atoms with Crippen molar-refractivity contribution < 1.29 is 9.21 Å². The van der Waals surface area contributed by atoms with E-state index in [0.717, 1.165) is 21.3 Å². The zero-order valence-corrected chi connectivity index (χ0v) is 18.6. The molecule has 0 aliphatic heterocycles. The zero-order chi connectivity index (χ0) is 21.9. The molecule has 5 aromatic rings.